The largest absolute Gasteiger partial charge is 0.489 e. The van der Waals surface area contributed by atoms with Gasteiger partial charge in [-0.25, -0.2) is 4.39 Å². The summed E-state index contributed by atoms with van der Waals surface area (Å²) in [5.41, 5.74) is 2.86. The Kier molecular flexibility index (Phi) is 4.33. The van der Waals surface area contributed by atoms with Crippen LogP contribution in [-0.4, -0.2) is 5.78 Å². The predicted molar refractivity (Wildman–Crippen MR) is 90.3 cm³/mol. The molecule has 0 fully saturated rings. The molecular weight excluding hydrogens is 331 g/mol. The molecule has 2 aromatic carbocycles. The predicted octanol–water partition coefficient (Wildman–Crippen LogP) is 5.24. The van der Waals surface area contributed by atoms with Crippen molar-refractivity contribution in [1.82, 2.24) is 0 Å². The van der Waals surface area contributed by atoms with Crippen LogP contribution in [0.25, 0.3) is 0 Å². The van der Waals surface area contributed by atoms with Crippen LogP contribution in [0.15, 0.2) is 41.7 Å². The number of fused-ring (bicyclic) bond motifs is 1. The zero-order valence-corrected chi connectivity index (χ0v) is 14.3. The Morgan fingerprint density at radius 2 is 2.00 bits per heavy atom. The number of aryl methyl sites for hydroxylation is 1. The summed E-state index contributed by atoms with van der Waals surface area (Å²) in [5.74, 6) is 0.937. The second kappa shape index (κ2) is 6.29. The Morgan fingerprint density at radius 3 is 2.67 bits per heavy atom. The molecule has 0 N–H and O–H groups in total. The third-order valence-electron chi connectivity index (χ3n) is 3.78. The highest BCUT2D eigenvalue weighted by molar-refractivity contribution is 6.31. The van der Waals surface area contributed by atoms with Crippen molar-refractivity contribution in [2.75, 3.05) is 0 Å². The number of carbonyl (C=O) groups is 1. The Hall–Kier alpha value is -2.33. The lowest BCUT2D eigenvalue weighted by atomic mass is 10.0. The van der Waals surface area contributed by atoms with Crippen molar-refractivity contribution in [2.24, 2.45) is 0 Å². The van der Waals surface area contributed by atoms with Crippen molar-refractivity contribution < 1.29 is 18.7 Å². The average molecular weight is 347 g/mol. The molecule has 0 atom stereocenters. The van der Waals surface area contributed by atoms with Gasteiger partial charge in [-0.15, -0.1) is 0 Å². The van der Waals surface area contributed by atoms with Crippen LogP contribution < -0.4 is 9.47 Å². The van der Waals surface area contributed by atoms with Crippen molar-refractivity contribution in [3.05, 3.63) is 69.2 Å². The van der Waals surface area contributed by atoms with Gasteiger partial charge < -0.3 is 9.47 Å². The SMILES string of the molecule is CC(C)=C1Oc2cc(OCc3ccc(F)cc3Cl)cc(C)c2C1=O. The number of Topliss-reactive ketones (excluding diaryl/α,β-unsaturated/α-hetero) is 1. The van der Waals surface area contributed by atoms with Crippen molar-refractivity contribution in [3.8, 4) is 11.5 Å². The first kappa shape index (κ1) is 16.5. The fourth-order valence-electron chi connectivity index (χ4n) is 2.58. The number of halogens is 2. The van der Waals surface area contributed by atoms with Crippen LogP contribution in [0.3, 0.4) is 0 Å². The number of allylic oxidation sites excluding steroid dienone is 2. The lowest BCUT2D eigenvalue weighted by molar-refractivity contribution is 0.101. The zero-order chi connectivity index (χ0) is 17.4. The van der Waals surface area contributed by atoms with Gasteiger partial charge in [0.15, 0.2) is 5.76 Å². The van der Waals surface area contributed by atoms with Gasteiger partial charge in [-0.2, -0.15) is 0 Å². The Balaban J connectivity index is 1.85. The molecule has 1 heterocycles. The van der Waals surface area contributed by atoms with Gasteiger partial charge in [-0.1, -0.05) is 17.7 Å². The quantitative estimate of drug-likeness (QED) is 0.713. The molecule has 24 heavy (non-hydrogen) atoms. The molecule has 0 aliphatic carbocycles. The summed E-state index contributed by atoms with van der Waals surface area (Å²) < 4.78 is 24.5. The Morgan fingerprint density at radius 1 is 1.25 bits per heavy atom. The molecule has 0 saturated carbocycles. The Bertz CT molecular complexity index is 867. The smallest absolute Gasteiger partial charge is 0.232 e. The second-order valence-corrected chi connectivity index (χ2v) is 6.31. The lowest BCUT2D eigenvalue weighted by Crippen LogP contribution is -2.01. The van der Waals surface area contributed by atoms with E-state index >= 15 is 0 Å². The first-order valence-electron chi connectivity index (χ1n) is 7.48. The van der Waals surface area contributed by atoms with Crippen molar-refractivity contribution in [2.45, 2.75) is 27.4 Å². The highest BCUT2D eigenvalue weighted by Crippen LogP contribution is 2.38. The van der Waals surface area contributed by atoms with E-state index in [1.54, 1.807) is 18.2 Å². The van der Waals surface area contributed by atoms with Crippen LogP contribution in [0.5, 0.6) is 11.5 Å². The van der Waals surface area contributed by atoms with E-state index in [-0.39, 0.29) is 12.4 Å². The van der Waals surface area contributed by atoms with E-state index in [2.05, 4.69) is 0 Å². The van der Waals surface area contributed by atoms with Crippen LogP contribution in [0.4, 0.5) is 4.39 Å². The van der Waals surface area contributed by atoms with Gasteiger partial charge in [0, 0.05) is 11.6 Å². The summed E-state index contributed by atoms with van der Waals surface area (Å²) in [7, 11) is 0. The van der Waals surface area contributed by atoms with Gasteiger partial charge in [0.2, 0.25) is 5.78 Å². The molecule has 3 rings (SSSR count). The number of ether oxygens (including phenoxy) is 2. The van der Waals surface area contributed by atoms with Crippen molar-refractivity contribution >= 4 is 17.4 Å². The van der Waals surface area contributed by atoms with E-state index in [1.807, 2.05) is 20.8 Å². The number of ketones is 1. The average Bonchev–Trinajstić information content (AvgIpc) is 2.84. The van der Waals surface area contributed by atoms with E-state index < -0.39 is 5.82 Å². The summed E-state index contributed by atoms with van der Waals surface area (Å²) in [6, 6.07) is 7.64. The van der Waals surface area contributed by atoms with Crippen molar-refractivity contribution in [1.29, 1.82) is 0 Å². The van der Waals surface area contributed by atoms with Gasteiger partial charge in [-0.3, -0.25) is 4.79 Å². The molecule has 124 valence electrons. The summed E-state index contributed by atoms with van der Waals surface area (Å²) >= 11 is 6.00. The topological polar surface area (TPSA) is 35.5 Å². The van der Waals surface area contributed by atoms with Gasteiger partial charge in [0.05, 0.1) is 10.6 Å². The molecule has 5 heteroatoms. The molecule has 2 aromatic rings. The van der Waals surface area contributed by atoms with Crippen LogP contribution >= 0.6 is 11.6 Å². The Labute approximate surface area is 144 Å². The van der Waals surface area contributed by atoms with E-state index in [9.17, 15) is 9.18 Å². The van der Waals surface area contributed by atoms with E-state index in [0.29, 0.717) is 33.4 Å². The van der Waals surface area contributed by atoms with Gasteiger partial charge >= 0.3 is 0 Å². The normalized spacial score (nSPS) is 12.9. The van der Waals surface area contributed by atoms with Gasteiger partial charge in [0.1, 0.15) is 23.9 Å². The highest BCUT2D eigenvalue weighted by atomic mass is 35.5. The third-order valence-corrected chi connectivity index (χ3v) is 4.13. The molecule has 0 radical (unpaired) electrons. The minimum atomic E-state index is -0.390. The minimum Gasteiger partial charge on any atom is -0.489 e. The molecule has 1 aliphatic rings. The molecule has 0 amide bonds. The maximum atomic E-state index is 13.1. The molecule has 0 bridgehead atoms. The standard InChI is InChI=1S/C19H16ClFO3/c1-10(2)19-18(22)17-11(3)6-14(8-16(17)24-19)23-9-12-4-5-13(21)7-15(12)20/h4-8H,9H2,1-3H3. The van der Waals surface area contributed by atoms with Gasteiger partial charge in [-0.05, 0) is 50.1 Å². The number of hydrogen-bond acceptors (Lipinski definition) is 3. The fraction of sp³-hybridized carbons (Fsp3) is 0.211. The summed E-state index contributed by atoms with van der Waals surface area (Å²) in [4.78, 5) is 12.3. The first-order valence-corrected chi connectivity index (χ1v) is 7.86. The second-order valence-electron chi connectivity index (χ2n) is 5.90. The van der Waals surface area contributed by atoms with E-state index in [4.69, 9.17) is 21.1 Å². The monoisotopic (exact) mass is 346 g/mol. The summed E-state index contributed by atoms with van der Waals surface area (Å²) in [5, 5.41) is 0.311. The lowest BCUT2D eigenvalue weighted by Gasteiger charge is -2.10. The van der Waals surface area contributed by atoms with E-state index in [1.165, 1.54) is 12.1 Å². The number of carbonyl (C=O) groups excluding carboxylic acids is 1. The molecular formula is C19H16ClFO3. The van der Waals surface area contributed by atoms with Gasteiger partial charge in [0.25, 0.3) is 0 Å². The van der Waals surface area contributed by atoms with Crippen molar-refractivity contribution in [3.63, 3.8) is 0 Å². The van der Waals surface area contributed by atoms with Crippen LogP contribution in [-0.2, 0) is 6.61 Å². The third kappa shape index (κ3) is 3.02. The summed E-state index contributed by atoms with van der Waals surface area (Å²) in [6.45, 7) is 5.71. The van der Waals surface area contributed by atoms with Crippen LogP contribution in [0.1, 0.15) is 35.3 Å². The molecule has 0 unspecified atom stereocenters. The highest BCUT2D eigenvalue weighted by Gasteiger charge is 2.30. The zero-order valence-electron chi connectivity index (χ0n) is 13.6. The maximum absolute atomic E-state index is 13.1. The van der Waals surface area contributed by atoms with Crippen LogP contribution in [0, 0.1) is 12.7 Å². The maximum Gasteiger partial charge on any atom is 0.232 e. The number of benzene rings is 2. The molecule has 3 nitrogen and oxygen atoms in total. The molecule has 0 aromatic heterocycles. The summed E-state index contributed by atoms with van der Waals surface area (Å²) in [6.07, 6.45) is 0. The molecule has 1 aliphatic heterocycles. The molecule has 0 saturated heterocycles. The molecule has 0 spiro atoms. The van der Waals surface area contributed by atoms with E-state index in [0.717, 1.165) is 11.1 Å². The first-order chi connectivity index (χ1) is 11.4. The number of hydrogen-bond donors (Lipinski definition) is 0. The minimum absolute atomic E-state index is 0.101. The fourth-order valence-corrected chi connectivity index (χ4v) is 2.80. The van der Waals surface area contributed by atoms with Crippen LogP contribution in [0.2, 0.25) is 5.02 Å². The number of rotatable bonds is 3.